The lowest BCUT2D eigenvalue weighted by Crippen LogP contribution is -2.26. The summed E-state index contributed by atoms with van der Waals surface area (Å²) in [6.07, 6.45) is 3.18. The van der Waals surface area contributed by atoms with Crippen LogP contribution in [0.1, 0.15) is 47.6 Å². The molecule has 22 heavy (non-hydrogen) atoms. The highest BCUT2D eigenvalue weighted by molar-refractivity contribution is 5.99. The average Bonchev–Trinajstić information content (AvgIpc) is 3.27. The molecular formula is C17H23NO4. The molecule has 1 fully saturated rings. The Morgan fingerprint density at radius 3 is 2.73 bits per heavy atom. The van der Waals surface area contributed by atoms with E-state index in [1.165, 1.54) is 0 Å². The largest absolute Gasteiger partial charge is 0.455 e. The van der Waals surface area contributed by atoms with Crippen molar-refractivity contribution >= 4 is 11.8 Å². The Morgan fingerprint density at radius 2 is 2.14 bits per heavy atom. The van der Waals surface area contributed by atoms with E-state index in [4.69, 9.17) is 9.47 Å². The molecule has 0 amide bonds. The van der Waals surface area contributed by atoms with Crippen LogP contribution in [0, 0.1) is 13.8 Å². The van der Waals surface area contributed by atoms with Gasteiger partial charge in [-0.05, 0) is 39.7 Å². The van der Waals surface area contributed by atoms with Gasteiger partial charge in [-0.25, -0.2) is 4.79 Å². The lowest BCUT2D eigenvalue weighted by atomic mass is 10.1. The Bertz CT molecular complexity index is 584. The van der Waals surface area contributed by atoms with Gasteiger partial charge in [0.2, 0.25) is 5.78 Å². The highest BCUT2D eigenvalue weighted by Crippen LogP contribution is 2.38. The Balaban J connectivity index is 1.94. The maximum atomic E-state index is 12.3. The van der Waals surface area contributed by atoms with E-state index in [0.717, 1.165) is 24.2 Å². The molecule has 1 aliphatic rings. The molecule has 1 aliphatic carbocycles. The van der Waals surface area contributed by atoms with E-state index in [1.54, 1.807) is 13.0 Å². The molecule has 0 bridgehead atoms. The molecule has 0 aromatic carbocycles. The van der Waals surface area contributed by atoms with Crippen LogP contribution < -0.4 is 0 Å². The van der Waals surface area contributed by atoms with Gasteiger partial charge in [-0.3, -0.25) is 4.79 Å². The zero-order valence-corrected chi connectivity index (χ0v) is 13.4. The van der Waals surface area contributed by atoms with E-state index in [9.17, 15) is 9.59 Å². The van der Waals surface area contributed by atoms with Crippen LogP contribution in [0.2, 0.25) is 0 Å². The van der Waals surface area contributed by atoms with Gasteiger partial charge in [0, 0.05) is 23.0 Å². The zero-order chi connectivity index (χ0) is 16.3. The third-order valence-corrected chi connectivity index (χ3v) is 3.84. The van der Waals surface area contributed by atoms with Crippen molar-refractivity contribution in [1.29, 1.82) is 0 Å². The van der Waals surface area contributed by atoms with Crippen molar-refractivity contribution in [3.05, 3.63) is 35.7 Å². The molecule has 1 unspecified atom stereocenters. The molecule has 1 atom stereocenters. The number of carbonyl (C=O) groups excluding carboxylic acids is 2. The van der Waals surface area contributed by atoms with Crippen molar-refractivity contribution in [2.24, 2.45) is 0 Å². The molecule has 120 valence electrons. The molecule has 2 rings (SSSR count). The van der Waals surface area contributed by atoms with Crippen molar-refractivity contribution in [2.75, 3.05) is 13.2 Å². The first-order valence-electron chi connectivity index (χ1n) is 7.56. The van der Waals surface area contributed by atoms with Gasteiger partial charge in [-0.1, -0.05) is 6.08 Å². The minimum absolute atomic E-state index is 0.177. The quantitative estimate of drug-likeness (QED) is 0.421. The number of nitrogens with zero attached hydrogens (tertiary/aromatic N) is 1. The first kappa shape index (κ1) is 16.5. The molecule has 0 radical (unpaired) electrons. The van der Waals surface area contributed by atoms with Gasteiger partial charge in [0.1, 0.15) is 0 Å². The molecule has 0 N–H and O–H groups in total. The van der Waals surface area contributed by atoms with Crippen LogP contribution in [-0.4, -0.2) is 35.6 Å². The van der Waals surface area contributed by atoms with E-state index in [0.29, 0.717) is 11.6 Å². The third kappa shape index (κ3) is 3.65. The third-order valence-electron chi connectivity index (χ3n) is 3.84. The Hall–Kier alpha value is -1.88. The number of aryl methyl sites for hydroxylation is 1. The average molecular weight is 305 g/mol. The van der Waals surface area contributed by atoms with Crippen LogP contribution in [0.3, 0.4) is 0 Å². The van der Waals surface area contributed by atoms with Crippen LogP contribution in [0.25, 0.3) is 0 Å². The fraction of sp³-hybridized carbons (Fsp3) is 0.529. The summed E-state index contributed by atoms with van der Waals surface area (Å²) in [5.74, 6) is -0.713. The molecule has 5 heteroatoms. The van der Waals surface area contributed by atoms with Gasteiger partial charge in [0.05, 0.1) is 6.61 Å². The molecule has 5 nitrogen and oxygen atoms in total. The lowest BCUT2D eigenvalue weighted by molar-refractivity contribution is -0.154. The number of carbonyl (C=O) groups is 2. The number of rotatable bonds is 8. The molecule has 0 aliphatic heterocycles. The summed E-state index contributed by atoms with van der Waals surface area (Å²) in [5, 5.41) is 0. The first-order valence-corrected chi connectivity index (χ1v) is 7.56. The molecule has 1 saturated carbocycles. The van der Waals surface area contributed by atoms with Crippen LogP contribution in [0.5, 0.6) is 0 Å². The molecule has 1 aromatic heterocycles. The van der Waals surface area contributed by atoms with Crippen molar-refractivity contribution in [1.82, 2.24) is 4.57 Å². The van der Waals surface area contributed by atoms with Gasteiger partial charge in [-0.2, -0.15) is 0 Å². The van der Waals surface area contributed by atoms with Crippen LogP contribution in [-0.2, 0) is 14.3 Å². The summed E-state index contributed by atoms with van der Waals surface area (Å²) in [6, 6.07) is 2.40. The van der Waals surface area contributed by atoms with Crippen molar-refractivity contribution in [3.63, 3.8) is 0 Å². The van der Waals surface area contributed by atoms with Crippen molar-refractivity contribution < 1.29 is 19.1 Å². The second-order valence-corrected chi connectivity index (χ2v) is 5.68. The summed E-state index contributed by atoms with van der Waals surface area (Å²) in [7, 11) is 0. The standard InChI is InChI=1S/C17H23NO4/c1-5-8-21-13(4)17(20)22-10-16(19)15-9-11(2)18(12(15)3)14-6-7-14/h5,9,13-14H,1,6-8,10H2,2-4H3. The summed E-state index contributed by atoms with van der Waals surface area (Å²) in [6.45, 7) is 9.06. The predicted molar refractivity (Wildman–Crippen MR) is 83.1 cm³/mol. The summed E-state index contributed by atoms with van der Waals surface area (Å²) in [5.41, 5.74) is 2.67. The van der Waals surface area contributed by atoms with Crippen LogP contribution in [0.4, 0.5) is 0 Å². The highest BCUT2D eigenvalue weighted by Gasteiger charge is 2.28. The van der Waals surface area contributed by atoms with Crippen molar-refractivity contribution in [2.45, 2.75) is 45.8 Å². The predicted octanol–water partition coefficient (Wildman–Crippen LogP) is 2.76. The molecule has 1 aromatic rings. The number of Topliss-reactive ketones (excluding diaryl/α,β-unsaturated/α-hetero) is 1. The smallest absolute Gasteiger partial charge is 0.335 e. The second kappa shape index (κ2) is 6.92. The summed E-state index contributed by atoms with van der Waals surface area (Å²) in [4.78, 5) is 24.0. The minimum Gasteiger partial charge on any atom is -0.455 e. The number of aromatic nitrogens is 1. The second-order valence-electron chi connectivity index (χ2n) is 5.68. The van der Waals surface area contributed by atoms with Gasteiger partial charge < -0.3 is 14.0 Å². The fourth-order valence-electron chi connectivity index (χ4n) is 2.57. The van der Waals surface area contributed by atoms with Gasteiger partial charge in [0.15, 0.2) is 12.7 Å². The Kier molecular flexibility index (Phi) is 5.19. The molecule has 1 heterocycles. The molecule has 0 spiro atoms. The number of ketones is 1. The first-order chi connectivity index (χ1) is 10.5. The number of esters is 1. The fourth-order valence-corrected chi connectivity index (χ4v) is 2.57. The van der Waals surface area contributed by atoms with Crippen LogP contribution >= 0.6 is 0 Å². The Labute approximate surface area is 130 Å². The number of hydrogen-bond acceptors (Lipinski definition) is 4. The monoisotopic (exact) mass is 305 g/mol. The van der Waals surface area contributed by atoms with Crippen molar-refractivity contribution in [3.8, 4) is 0 Å². The number of hydrogen-bond donors (Lipinski definition) is 0. The maximum absolute atomic E-state index is 12.3. The van der Waals surface area contributed by atoms with E-state index in [1.807, 2.05) is 19.9 Å². The minimum atomic E-state index is -0.704. The highest BCUT2D eigenvalue weighted by atomic mass is 16.6. The SMILES string of the molecule is C=CCOC(C)C(=O)OCC(=O)c1cc(C)n(C2CC2)c1C. The number of ether oxygens (including phenoxy) is 2. The normalized spacial score (nSPS) is 15.4. The maximum Gasteiger partial charge on any atom is 0.335 e. The summed E-state index contributed by atoms with van der Waals surface area (Å²) >= 11 is 0. The van der Waals surface area contributed by atoms with E-state index >= 15 is 0 Å². The van der Waals surface area contributed by atoms with E-state index in [-0.39, 0.29) is 19.0 Å². The topological polar surface area (TPSA) is 57.5 Å². The van der Waals surface area contributed by atoms with E-state index in [2.05, 4.69) is 11.1 Å². The zero-order valence-electron chi connectivity index (χ0n) is 13.4. The van der Waals surface area contributed by atoms with Crippen LogP contribution in [0.15, 0.2) is 18.7 Å². The van der Waals surface area contributed by atoms with Gasteiger partial charge >= 0.3 is 5.97 Å². The molecule has 0 saturated heterocycles. The summed E-state index contributed by atoms with van der Waals surface area (Å²) < 4.78 is 12.4. The Morgan fingerprint density at radius 1 is 1.45 bits per heavy atom. The lowest BCUT2D eigenvalue weighted by Gasteiger charge is -2.11. The van der Waals surface area contributed by atoms with E-state index < -0.39 is 12.1 Å². The molecular weight excluding hydrogens is 282 g/mol. The van der Waals surface area contributed by atoms with Gasteiger partial charge in [0.25, 0.3) is 0 Å². The van der Waals surface area contributed by atoms with Gasteiger partial charge in [-0.15, -0.1) is 6.58 Å².